The number of unbranched alkanes of at least 4 members (excludes halogenated alkanes) is 5. The molecular formula is C22H41N3O4. The van der Waals surface area contributed by atoms with E-state index in [1.807, 2.05) is 20.8 Å². The lowest BCUT2D eigenvalue weighted by Gasteiger charge is -2.32. The minimum Gasteiger partial charge on any atom is -0.335 e. The van der Waals surface area contributed by atoms with Crippen molar-refractivity contribution in [1.29, 1.82) is 0 Å². The highest BCUT2D eigenvalue weighted by Crippen LogP contribution is 2.20. The highest BCUT2D eigenvalue weighted by molar-refractivity contribution is 6.00. The topological polar surface area (TPSA) is 90.0 Å². The number of carbonyl (C=O) groups is 3. The minimum absolute atomic E-state index is 0.0393. The predicted molar refractivity (Wildman–Crippen MR) is 114 cm³/mol. The van der Waals surface area contributed by atoms with E-state index in [1.54, 1.807) is 0 Å². The molecule has 0 unspecified atom stereocenters. The van der Waals surface area contributed by atoms with Crippen molar-refractivity contribution < 1.29 is 19.6 Å². The molecular weight excluding hydrogens is 370 g/mol. The normalized spacial score (nSPS) is 15.1. The minimum atomic E-state index is -0.968. The fourth-order valence-electron chi connectivity index (χ4n) is 3.58. The Morgan fingerprint density at radius 3 is 2.14 bits per heavy atom. The maximum absolute atomic E-state index is 12.8. The number of hydrogen-bond acceptors (Lipinski definition) is 4. The van der Waals surface area contributed by atoms with Crippen molar-refractivity contribution in [2.24, 2.45) is 5.41 Å². The summed E-state index contributed by atoms with van der Waals surface area (Å²) in [4.78, 5) is 38.7. The molecule has 0 heterocycles. The van der Waals surface area contributed by atoms with Gasteiger partial charge in [0.2, 0.25) is 0 Å². The van der Waals surface area contributed by atoms with Gasteiger partial charge in [0.25, 0.3) is 5.91 Å². The second kappa shape index (κ2) is 12.8. The average Bonchev–Trinajstić information content (AvgIpc) is 2.67. The largest absolute Gasteiger partial charge is 0.359 e. The standard InChI is InChI=1S/C22H41N3O4/c1-5-6-7-8-9-13-16-19(26)25(29)21(28)24(17-22(2,3)4)20(27)23-18-14-11-10-12-15-18/h18,29H,5-17H2,1-4H3,(H,23,27). The van der Waals surface area contributed by atoms with Crippen LogP contribution in [0.15, 0.2) is 0 Å². The number of amides is 5. The zero-order valence-corrected chi connectivity index (χ0v) is 18.8. The number of carbonyl (C=O) groups excluding carboxylic acids is 3. The summed E-state index contributed by atoms with van der Waals surface area (Å²) in [5, 5.41) is 13.2. The van der Waals surface area contributed by atoms with Crippen LogP contribution < -0.4 is 5.32 Å². The van der Waals surface area contributed by atoms with E-state index in [0.29, 0.717) is 6.42 Å². The van der Waals surface area contributed by atoms with Gasteiger partial charge in [-0.15, -0.1) is 5.06 Å². The van der Waals surface area contributed by atoms with E-state index < -0.39 is 18.0 Å². The molecule has 1 rings (SSSR count). The Hall–Kier alpha value is -1.63. The van der Waals surface area contributed by atoms with Crippen molar-refractivity contribution >= 4 is 18.0 Å². The molecule has 0 radical (unpaired) electrons. The van der Waals surface area contributed by atoms with Crippen LogP contribution in [0.1, 0.15) is 105 Å². The van der Waals surface area contributed by atoms with Gasteiger partial charge in [-0.3, -0.25) is 10.0 Å². The first-order valence-corrected chi connectivity index (χ1v) is 11.3. The molecule has 0 bridgehead atoms. The van der Waals surface area contributed by atoms with Gasteiger partial charge in [-0.1, -0.05) is 79.1 Å². The monoisotopic (exact) mass is 411 g/mol. The lowest BCUT2D eigenvalue weighted by Crippen LogP contribution is -2.55. The third-order valence-corrected chi connectivity index (χ3v) is 5.20. The summed E-state index contributed by atoms with van der Waals surface area (Å²) in [6.07, 6.45) is 11.2. The molecule has 5 amide bonds. The van der Waals surface area contributed by atoms with Crippen LogP contribution in [0, 0.1) is 5.41 Å². The lowest BCUT2D eigenvalue weighted by molar-refractivity contribution is -0.154. The van der Waals surface area contributed by atoms with Gasteiger partial charge in [0.15, 0.2) is 0 Å². The zero-order valence-electron chi connectivity index (χ0n) is 18.8. The molecule has 7 nitrogen and oxygen atoms in total. The molecule has 0 aromatic rings. The Kier molecular flexibility index (Phi) is 11.2. The van der Waals surface area contributed by atoms with Gasteiger partial charge >= 0.3 is 12.1 Å². The summed E-state index contributed by atoms with van der Waals surface area (Å²) < 4.78 is 0. The van der Waals surface area contributed by atoms with Crippen LogP contribution in [0.2, 0.25) is 0 Å². The van der Waals surface area contributed by atoms with Gasteiger partial charge in [-0.2, -0.15) is 0 Å². The fraction of sp³-hybridized carbons (Fsp3) is 0.864. The number of nitrogens with zero attached hydrogens (tertiary/aromatic N) is 2. The van der Waals surface area contributed by atoms with E-state index in [0.717, 1.165) is 62.7 Å². The van der Waals surface area contributed by atoms with Gasteiger partial charge in [0, 0.05) is 19.0 Å². The number of imide groups is 2. The number of nitrogens with one attached hydrogen (secondary N) is 1. The van der Waals surface area contributed by atoms with Crippen LogP contribution in [-0.4, -0.2) is 45.7 Å². The first-order valence-electron chi connectivity index (χ1n) is 11.3. The quantitative estimate of drug-likeness (QED) is 0.299. The summed E-state index contributed by atoms with van der Waals surface area (Å²) in [6.45, 7) is 7.97. The van der Waals surface area contributed by atoms with E-state index in [1.165, 1.54) is 6.42 Å². The van der Waals surface area contributed by atoms with Gasteiger partial charge in [-0.25, -0.2) is 14.5 Å². The highest BCUT2D eigenvalue weighted by Gasteiger charge is 2.33. The van der Waals surface area contributed by atoms with Gasteiger partial charge in [0.05, 0.1) is 0 Å². The molecule has 1 aliphatic rings. The predicted octanol–water partition coefficient (Wildman–Crippen LogP) is 5.47. The molecule has 29 heavy (non-hydrogen) atoms. The number of hydrogen-bond donors (Lipinski definition) is 2. The SMILES string of the molecule is CCCCCCCCC(=O)N(O)C(=O)N(CC(C)(C)C)C(=O)NC1CCCCC1. The molecule has 0 atom stereocenters. The van der Waals surface area contributed by atoms with Gasteiger partial charge < -0.3 is 5.32 Å². The Labute approximate surface area is 176 Å². The van der Waals surface area contributed by atoms with Crippen LogP contribution in [0.5, 0.6) is 0 Å². The van der Waals surface area contributed by atoms with E-state index in [2.05, 4.69) is 12.2 Å². The summed E-state index contributed by atoms with van der Waals surface area (Å²) in [5.74, 6) is -0.658. The molecule has 2 N–H and O–H groups in total. The fourth-order valence-corrected chi connectivity index (χ4v) is 3.58. The lowest BCUT2D eigenvalue weighted by atomic mass is 9.95. The maximum atomic E-state index is 12.8. The Morgan fingerprint density at radius 1 is 0.966 bits per heavy atom. The number of hydroxylamine groups is 2. The van der Waals surface area contributed by atoms with Crippen LogP contribution in [0.4, 0.5) is 9.59 Å². The van der Waals surface area contributed by atoms with Crippen LogP contribution in [0.3, 0.4) is 0 Å². The second-order valence-electron chi connectivity index (χ2n) is 9.44. The Morgan fingerprint density at radius 2 is 1.55 bits per heavy atom. The van der Waals surface area contributed by atoms with E-state index in [9.17, 15) is 19.6 Å². The van der Waals surface area contributed by atoms with Crippen LogP contribution in [0.25, 0.3) is 0 Å². The van der Waals surface area contributed by atoms with E-state index in [-0.39, 0.29) is 29.5 Å². The zero-order chi connectivity index (χ0) is 21.9. The van der Waals surface area contributed by atoms with E-state index >= 15 is 0 Å². The van der Waals surface area contributed by atoms with Crippen molar-refractivity contribution in [1.82, 2.24) is 15.3 Å². The maximum Gasteiger partial charge on any atom is 0.359 e. The summed E-state index contributed by atoms with van der Waals surface area (Å²) >= 11 is 0. The van der Waals surface area contributed by atoms with E-state index in [4.69, 9.17) is 0 Å². The van der Waals surface area contributed by atoms with Crippen molar-refractivity contribution in [3.8, 4) is 0 Å². The van der Waals surface area contributed by atoms with Crippen LogP contribution in [-0.2, 0) is 4.79 Å². The smallest absolute Gasteiger partial charge is 0.335 e. The molecule has 1 aliphatic carbocycles. The third-order valence-electron chi connectivity index (χ3n) is 5.20. The first kappa shape index (κ1) is 25.4. The van der Waals surface area contributed by atoms with Crippen LogP contribution >= 0.6 is 0 Å². The molecule has 0 aromatic heterocycles. The number of urea groups is 2. The van der Waals surface area contributed by atoms with Gasteiger partial charge in [0.1, 0.15) is 0 Å². The summed E-state index contributed by atoms with van der Waals surface area (Å²) in [5.41, 5.74) is -0.358. The van der Waals surface area contributed by atoms with Crippen molar-refractivity contribution in [2.75, 3.05) is 6.54 Å². The molecule has 0 saturated heterocycles. The van der Waals surface area contributed by atoms with Crippen molar-refractivity contribution in [3.63, 3.8) is 0 Å². The van der Waals surface area contributed by atoms with Crippen molar-refractivity contribution in [2.45, 2.75) is 111 Å². The number of rotatable bonds is 9. The molecule has 0 aliphatic heterocycles. The Balaban J connectivity index is 2.64. The first-order chi connectivity index (χ1) is 13.7. The molecule has 1 fully saturated rings. The van der Waals surface area contributed by atoms with Gasteiger partial charge in [-0.05, 0) is 24.7 Å². The molecule has 7 heteroatoms. The molecule has 168 valence electrons. The second-order valence-corrected chi connectivity index (χ2v) is 9.44. The Bertz CT molecular complexity index is 525. The third kappa shape index (κ3) is 10.1. The average molecular weight is 412 g/mol. The molecule has 0 aromatic carbocycles. The van der Waals surface area contributed by atoms with Crippen molar-refractivity contribution in [3.05, 3.63) is 0 Å². The summed E-state index contributed by atoms with van der Waals surface area (Å²) in [6, 6.07) is -1.47. The highest BCUT2D eigenvalue weighted by atomic mass is 16.5. The molecule has 0 spiro atoms. The summed E-state index contributed by atoms with van der Waals surface area (Å²) in [7, 11) is 0. The molecule has 1 saturated carbocycles.